The van der Waals surface area contributed by atoms with E-state index < -0.39 is 0 Å². The number of oxazole rings is 1. The highest BCUT2D eigenvalue weighted by Gasteiger charge is 2.11. The zero-order valence-electron chi connectivity index (χ0n) is 9.44. The number of hydrogen-bond donors (Lipinski definition) is 1. The molecule has 17 heavy (non-hydrogen) atoms. The Morgan fingerprint density at radius 1 is 1.47 bits per heavy atom. The summed E-state index contributed by atoms with van der Waals surface area (Å²) in [4.78, 5) is 4.14. The molecule has 0 saturated carbocycles. The lowest BCUT2D eigenvalue weighted by Gasteiger charge is -2.05. The monoisotopic (exact) mass is 252 g/mol. The lowest BCUT2D eigenvalue weighted by Crippen LogP contribution is -2.02. The van der Waals surface area contributed by atoms with Gasteiger partial charge in [0.05, 0.1) is 18.9 Å². The third kappa shape index (κ3) is 2.60. The molecule has 5 heteroatoms. The first-order chi connectivity index (χ1) is 8.24. The van der Waals surface area contributed by atoms with Gasteiger partial charge in [0.2, 0.25) is 0 Å². The Balaban J connectivity index is 2.40. The van der Waals surface area contributed by atoms with Gasteiger partial charge in [-0.2, -0.15) is 0 Å². The van der Waals surface area contributed by atoms with Crippen LogP contribution in [0.1, 0.15) is 5.89 Å². The molecule has 1 aromatic heterocycles. The molecule has 1 aromatic carbocycles. The maximum atomic E-state index is 5.95. The van der Waals surface area contributed by atoms with Crippen LogP contribution in [0, 0.1) is 0 Å². The number of ether oxygens (including phenoxy) is 1. The molecule has 0 saturated heterocycles. The van der Waals surface area contributed by atoms with E-state index in [1.165, 1.54) is 0 Å². The van der Waals surface area contributed by atoms with E-state index in [-0.39, 0.29) is 0 Å². The predicted molar refractivity (Wildman–Crippen MR) is 66.3 cm³/mol. The maximum Gasteiger partial charge on any atom is 0.196 e. The number of benzene rings is 1. The Kier molecular flexibility index (Phi) is 3.66. The highest BCUT2D eigenvalue weighted by atomic mass is 35.5. The Labute approximate surface area is 104 Å². The van der Waals surface area contributed by atoms with E-state index in [0.29, 0.717) is 35.4 Å². The summed E-state index contributed by atoms with van der Waals surface area (Å²) in [7, 11) is 1.60. The summed E-state index contributed by atoms with van der Waals surface area (Å²) in [5, 5.41) is 0.623. The van der Waals surface area contributed by atoms with Crippen molar-refractivity contribution >= 4 is 11.6 Å². The van der Waals surface area contributed by atoms with Gasteiger partial charge in [0, 0.05) is 18.0 Å². The van der Waals surface area contributed by atoms with Gasteiger partial charge in [-0.15, -0.1) is 0 Å². The Bertz CT molecular complexity index is 511. The molecule has 0 fully saturated rings. The van der Waals surface area contributed by atoms with E-state index in [1.807, 2.05) is 0 Å². The zero-order valence-corrected chi connectivity index (χ0v) is 10.2. The standard InChI is InChI=1S/C12H13ClN2O2/c1-16-10-3-2-8(13)6-9(10)11-7-15-12(17-11)4-5-14/h2-3,6-7H,4-5,14H2,1H3. The second-order valence-corrected chi connectivity index (χ2v) is 3.94. The van der Waals surface area contributed by atoms with E-state index in [4.69, 9.17) is 26.5 Å². The lowest BCUT2D eigenvalue weighted by molar-refractivity contribution is 0.414. The Hall–Kier alpha value is -1.52. The van der Waals surface area contributed by atoms with Gasteiger partial charge in [-0.05, 0) is 18.2 Å². The normalized spacial score (nSPS) is 10.5. The Morgan fingerprint density at radius 2 is 2.29 bits per heavy atom. The van der Waals surface area contributed by atoms with Crippen LogP contribution in [-0.2, 0) is 6.42 Å². The molecule has 0 radical (unpaired) electrons. The highest BCUT2D eigenvalue weighted by molar-refractivity contribution is 6.30. The molecule has 0 amide bonds. The van der Waals surface area contributed by atoms with E-state index in [2.05, 4.69) is 4.98 Å². The van der Waals surface area contributed by atoms with Crippen LogP contribution in [0.5, 0.6) is 5.75 Å². The van der Waals surface area contributed by atoms with Crippen LogP contribution in [0.3, 0.4) is 0 Å². The third-order valence-electron chi connectivity index (χ3n) is 2.34. The highest BCUT2D eigenvalue weighted by Crippen LogP contribution is 2.32. The van der Waals surface area contributed by atoms with E-state index in [0.717, 1.165) is 5.56 Å². The largest absolute Gasteiger partial charge is 0.496 e. The van der Waals surface area contributed by atoms with Crippen molar-refractivity contribution < 1.29 is 9.15 Å². The van der Waals surface area contributed by atoms with Gasteiger partial charge in [-0.25, -0.2) is 4.98 Å². The van der Waals surface area contributed by atoms with Gasteiger partial charge in [0.1, 0.15) is 5.75 Å². The topological polar surface area (TPSA) is 61.3 Å². The minimum absolute atomic E-state index is 0.507. The maximum absolute atomic E-state index is 5.95. The molecule has 0 atom stereocenters. The number of nitrogens with two attached hydrogens (primary N) is 1. The summed E-state index contributed by atoms with van der Waals surface area (Å²) in [5.74, 6) is 1.95. The van der Waals surface area contributed by atoms with Gasteiger partial charge in [0.15, 0.2) is 11.7 Å². The average Bonchev–Trinajstić information content (AvgIpc) is 2.78. The smallest absolute Gasteiger partial charge is 0.196 e. The first-order valence-electron chi connectivity index (χ1n) is 5.23. The van der Waals surface area contributed by atoms with Crippen molar-refractivity contribution in [2.45, 2.75) is 6.42 Å². The fourth-order valence-corrected chi connectivity index (χ4v) is 1.72. The summed E-state index contributed by atoms with van der Waals surface area (Å²) < 4.78 is 10.8. The number of nitrogens with zero attached hydrogens (tertiary/aromatic N) is 1. The van der Waals surface area contributed by atoms with Gasteiger partial charge in [-0.3, -0.25) is 0 Å². The van der Waals surface area contributed by atoms with Crippen molar-refractivity contribution in [1.82, 2.24) is 4.98 Å². The minimum atomic E-state index is 0.507. The van der Waals surface area contributed by atoms with Crippen LogP contribution in [0.15, 0.2) is 28.8 Å². The summed E-state index contributed by atoms with van der Waals surface area (Å²) in [5.41, 5.74) is 6.23. The molecule has 2 N–H and O–H groups in total. The van der Waals surface area contributed by atoms with Crippen molar-refractivity contribution in [3.8, 4) is 17.1 Å². The first-order valence-corrected chi connectivity index (χ1v) is 5.61. The van der Waals surface area contributed by atoms with E-state index in [9.17, 15) is 0 Å². The van der Waals surface area contributed by atoms with Crippen LogP contribution in [0.4, 0.5) is 0 Å². The summed E-state index contributed by atoms with van der Waals surface area (Å²) >= 11 is 5.95. The predicted octanol–water partition coefficient (Wildman–Crippen LogP) is 2.50. The SMILES string of the molecule is COc1ccc(Cl)cc1-c1cnc(CCN)o1. The number of aromatic nitrogens is 1. The van der Waals surface area contributed by atoms with E-state index >= 15 is 0 Å². The summed E-state index contributed by atoms with van der Waals surface area (Å²) in [6.07, 6.45) is 2.27. The van der Waals surface area contributed by atoms with Crippen molar-refractivity contribution in [2.75, 3.05) is 13.7 Å². The van der Waals surface area contributed by atoms with Crippen LogP contribution in [0.2, 0.25) is 5.02 Å². The summed E-state index contributed by atoms with van der Waals surface area (Å²) in [6, 6.07) is 5.34. The fourth-order valence-electron chi connectivity index (χ4n) is 1.55. The molecule has 1 heterocycles. The molecular weight excluding hydrogens is 240 g/mol. The molecule has 0 bridgehead atoms. The van der Waals surface area contributed by atoms with Crippen molar-refractivity contribution in [2.24, 2.45) is 5.73 Å². The second kappa shape index (κ2) is 5.21. The van der Waals surface area contributed by atoms with Gasteiger partial charge in [-0.1, -0.05) is 11.6 Å². The first kappa shape index (κ1) is 12.0. The molecule has 0 aliphatic heterocycles. The van der Waals surface area contributed by atoms with Crippen LogP contribution >= 0.6 is 11.6 Å². The lowest BCUT2D eigenvalue weighted by atomic mass is 10.1. The molecule has 0 aliphatic rings. The molecule has 4 nitrogen and oxygen atoms in total. The number of rotatable bonds is 4. The second-order valence-electron chi connectivity index (χ2n) is 3.50. The minimum Gasteiger partial charge on any atom is -0.496 e. The van der Waals surface area contributed by atoms with Gasteiger partial charge in [0.25, 0.3) is 0 Å². The molecule has 90 valence electrons. The molecule has 2 aromatic rings. The zero-order chi connectivity index (χ0) is 12.3. The average molecular weight is 253 g/mol. The number of halogens is 1. The number of hydrogen-bond acceptors (Lipinski definition) is 4. The quantitative estimate of drug-likeness (QED) is 0.908. The Morgan fingerprint density at radius 3 is 3.00 bits per heavy atom. The molecule has 0 unspecified atom stereocenters. The number of methoxy groups -OCH3 is 1. The molecular formula is C12H13ClN2O2. The molecule has 0 aliphatic carbocycles. The van der Waals surface area contributed by atoms with Gasteiger partial charge < -0.3 is 14.9 Å². The fraction of sp³-hybridized carbons (Fsp3) is 0.250. The summed E-state index contributed by atoms with van der Waals surface area (Å²) in [6.45, 7) is 0.507. The molecule has 0 spiro atoms. The van der Waals surface area contributed by atoms with Crippen molar-refractivity contribution in [3.05, 3.63) is 35.3 Å². The third-order valence-corrected chi connectivity index (χ3v) is 2.57. The van der Waals surface area contributed by atoms with Crippen LogP contribution < -0.4 is 10.5 Å². The van der Waals surface area contributed by atoms with E-state index in [1.54, 1.807) is 31.5 Å². The van der Waals surface area contributed by atoms with Crippen molar-refractivity contribution in [1.29, 1.82) is 0 Å². The van der Waals surface area contributed by atoms with Gasteiger partial charge >= 0.3 is 0 Å². The van der Waals surface area contributed by atoms with Crippen LogP contribution in [0.25, 0.3) is 11.3 Å². The van der Waals surface area contributed by atoms with Crippen LogP contribution in [-0.4, -0.2) is 18.6 Å². The molecule has 2 rings (SSSR count). The van der Waals surface area contributed by atoms with Crippen molar-refractivity contribution in [3.63, 3.8) is 0 Å².